The Kier molecular flexibility index (Phi) is 5.26. The smallest absolute Gasteiger partial charge is 0.210 e. The SMILES string of the molecule is CSOOc1ccc(C2=C(c3cc(F)cc(F)c3)C(=O)C(C)(C)O2)cc1C. The maximum absolute atomic E-state index is 13.7. The lowest BCUT2D eigenvalue weighted by Crippen LogP contribution is -2.29. The number of Topliss-reactive ketones (excluding diaryl/α,β-unsaturated/α-hetero) is 1. The van der Waals surface area contributed by atoms with Crippen LogP contribution in [0.4, 0.5) is 8.78 Å². The largest absolute Gasteiger partial charge is 0.478 e. The van der Waals surface area contributed by atoms with Gasteiger partial charge in [-0.1, -0.05) is 0 Å². The molecule has 7 heteroatoms. The number of carbonyl (C=O) groups is 1. The van der Waals surface area contributed by atoms with E-state index in [1.165, 1.54) is 0 Å². The highest BCUT2D eigenvalue weighted by Crippen LogP contribution is 2.42. The van der Waals surface area contributed by atoms with Crippen LogP contribution in [0.15, 0.2) is 36.4 Å². The summed E-state index contributed by atoms with van der Waals surface area (Å²) in [6, 6.07) is 8.15. The highest BCUT2D eigenvalue weighted by Gasteiger charge is 2.43. The van der Waals surface area contributed by atoms with Crippen LogP contribution in [0.1, 0.15) is 30.5 Å². The summed E-state index contributed by atoms with van der Waals surface area (Å²) in [6.45, 7) is 5.05. The predicted molar refractivity (Wildman–Crippen MR) is 99.8 cm³/mol. The van der Waals surface area contributed by atoms with Gasteiger partial charge in [0, 0.05) is 29.9 Å². The minimum Gasteiger partial charge on any atom is -0.478 e. The van der Waals surface area contributed by atoms with Crippen molar-refractivity contribution in [3.63, 3.8) is 0 Å². The molecule has 0 aliphatic carbocycles. The first kappa shape index (κ1) is 19.4. The van der Waals surface area contributed by atoms with Gasteiger partial charge in [-0.2, -0.15) is 0 Å². The van der Waals surface area contributed by atoms with Gasteiger partial charge in [-0.15, -0.1) is 4.33 Å². The molecule has 2 aromatic carbocycles. The van der Waals surface area contributed by atoms with Gasteiger partial charge < -0.3 is 9.62 Å². The van der Waals surface area contributed by atoms with Crippen molar-refractivity contribution in [2.45, 2.75) is 26.4 Å². The zero-order chi connectivity index (χ0) is 19.8. The molecule has 142 valence electrons. The lowest BCUT2D eigenvalue weighted by molar-refractivity contribution is -0.125. The van der Waals surface area contributed by atoms with Crippen molar-refractivity contribution >= 4 is 29.2 Å². The summed E-state index contributed by atoms with van der Waals surface area (Å²) >= 11 is 1.06. The molecule has 0 N–H and O–H groups in total. The first-order valence-electron chi connectivity index (χ1n) is 8.16. The molecule has 27 heavy (non-hydrogen) atoms. The van der Waals surface area contributed by atoms with E-state index in [2.05, 4.69) is 0 Å². The fourth-order valence-electron chi connectivity index (χ4n) is 2.88. The number of aryl methyl sites for hydroxylation is 1. The van der Waals surface area contributed by atoms with Crippen LogP contribution in [-0.2, 0) is 13.9 Å². The molecule has 0 unspecified atom stereocenters. The van der Waals surface area contributed by atoms with E-state index in [0.29, 0.717) is 11.3 Å². The van der Waals surface area contributed by atoms with E-state index in [4.69, 9.17) is 14.0 Å². The van der Waals surface area contributed by atoms with Gasteiger partial charge in [0.25, 0.3) is 0 Å². The van der Waals surface area contributed by atoms with E-state index in [9.17, 15) is 13.6 Å². The second-order valence-electron chi connectivity index (χ2n) is 6.60. The van der Waals surface area contributed by atoms with Gasteiger partial charge in [-0.25, -0.2) is 8.78 Å². The highest BCUT2D eigenvalue weighted by molar-refractivity contribution is 7.93. The van der Waals surface area contributed by atoms with E-state index < -0.39 is 17.2 Å². The Balaban J connectivity index is 2.13. The van der Waals surface area contributed by atoms with Crippen LogP contribution in [0.5, 0.6) is 5.75 Å². The molecule has 0 saturated carbocycles. The van der Waals surface area contributed by atoms with Gasteiger partial charge in [0.15, 0.2) is 11.4 Å². The Labute approximate surface area is 160 Å². The van der Waals surface area contributed by atoms with E-state index in [1.807, 2.05) is 6.92 Å². The van der Waals surface area contributed by atoms with Gasteiger partial charge in [-0.3, -0.25) is 4.79 Å². The number of rotatable bonds is 5. The first-order valence-corrected chi connectivity index (χ1v) is 9.31. The average molecular weight is 392 g/mol. The van der Waals surface area contributed by atoms with Crippen molar-refractivity contribution < 1.29 is 27.5 Å². The normalized spacial score (nSPS) is 15.9. The van der Waals surface area contributed by atoms with Crippen molar-refractivity contribution in [2.75, 3.05) is 6.26 Å². The monoisotopic (exact) mass is 392 g/mol. The Morgan fingerprint density at radius 2 is 1.70 bits per heavy atom. The van der Waals surface area contributed by atoms with Gasteiger partial charge in [-0.05, 0) is 62.2 Å². The number of ketones is 1. The van der Waals surface area contributed by atoms with Crippen LogP contribution in [0.2, 0.25) is 0 Å². The summed E-state index contributed by atoms with van der Waals surface area (Å²) in [5.41, 5.74) is 0.495. The molecule has 1 aliphatic rings. The highest BCUT2D eigenvalue weighted by atomic mass is 32.2. The molecule has 0 fully saturated rings. The molecule has 0 bridgehead atoms. The number of halogens is 2. The molecule has 0 aromatic heterocycles. The summed E-state index contributed by atoms with van der Waals surface area (Å²) in [5.74, 6) is -1.08. The Morgan fingerprint density at radius 3 is 2.30 bits per heavy atom. The molecule has 2 aromatic rings. The quantitative estimate of drug-likeness (QED) is 0.402. The lowest BCUT2D eigenvalue weighted by Gasteiger charge is -2.18. The number of carbonyl (C=O) groups excluding carboxylic acids is 1. The standard InChI is InChI=1S/C20H18F2O4S/c1-11-7-12(5-6-16(11)25-26-27-4)18-17(19(23)20(2,3)24-18)13-8-14(21)10-15(22)9-13/h5-10H,1-4H3. The summed E-state index contributed by atoms with van der Waals surface area (Å²) < 4.78 is 38.2. The molecule has 3 rings (SSSR count). The molecular formula is C20H18F2O4S. The van der Waals surface area contributed by atoms with E-state index in [-0.39, 0.29) is 22.7 Å². The minimum atomic E-state index is -1.14. The van der Waals surface area contributed by atoms with Crippen LogP contribution < -0.4 is 4.89 Å². The molecule has 1 aliphatic heterocycles. The lowest BCUT2D eigenvalue weighted by atomic mass is 9.92. The van der Waals surface area contributed by atoms with Crippen LogP contribution in [0.3, 0.4) is 0 Å². The maximum atomic E-state index is 13.7. The topological polar surface area (TPSA) is 44.8 Å². The van der Waals surface area contributed by atoms with Gasteiger partial charge >= 0.3 is 0 Å². The number of ether oxygens (including phenoxy) is 1. The summed E-state index contributed by atoms with van der Waals surface area (Å²) in [5, 5.41) is 0. The molecule has 0 radical (unpaired) electrons. The first-order chi connectivity index (χ1) is 12.7. The molecular weight excluding hydrogens is 374 g/mol. The molecule has 0 amide bonds. The minimum absolute atomic E-state index is 0.141. The van der Waals surface area contributed by atoms with Gasteiger partial charge in [0.2, 0.25) is 5.78 Å². The second kappa shape index (κ2) is 7.32. The molecule has 0 saturated heterocycles. The van der Waals surface area contributed by atoms with Crippen molar-refractivity contribution in [3.05, 3.63) is 64.7 Å². The number of hydrogen-bond acceptors (Lipinski definition) is 5. The third-order valence-electron chi connectivity index (χ3n) is 4.14. The summed E-state index contributed by atoms with van der Waals surface area (Å²) in [4.78, 5) is 18.0. The van der Waals surface area contributed by atoms with Crippen LogP contribution in [0, 0.1) is 18.6 Å². The Bertz CT molecular complexity index is 917. The number of hydrogen-bond donors (Lipinski definition) is 0. The van der Waals surface area contributed by atoms with Crippen molar-refractivity contribution in [1.29, 1.82) is 0 Å². The van der Waals surface area contributed by atoms with E-state index in [0.717, 1.165) is 35.8 Å². The van der Waals surface area contributed by atoms with E-state index >= 15 is 0 Å². The van der Waals surface area contributed by atoms with E-state index in [1.54, 1.807) is 38.3 Å². The zero-order valence-electron chi connectivity index (χ0n) is 15.3. The fraction of sp³-hybridized carbons (Fsp3) is 0.250. The third-order valence-corrected chi connectivity index (χ3v) is 4.34. The summed E-state index contributed by atoms with van der Waals surface area (Å²) in [7, 11) is 0. The van der Waals surface area contributed by atoms with Gasteiger partial charge in [0.05, 0.1) is 5.57 Å². The molecule has 4 nitrogen and oxygen atoms in total. The number of benzene rings is 2. The van der Waals surface area contributed by atoms with Crippen LogP contribution in [0.25, 0.3) is 11.3 Å². The molecule has 1 heterocycles. The van der Waals surface area contributed by atoms with Crippen molar-refractivity contribution in [3.8, 4) is 5.75 Å². The second-order valence-corrected chi connectivity index (χ2v) is 7.07. The molecule has 0 spiro atoms. The zero-order valence-corrected chi connectivity index (χ0v) is 16.1. The van der Waals surface area contributed by atoms with Crippen molar-refractivity contribution in [1.82, 2.24) is 0 Å². The average Bonchev–Trinajstić information content (AvgIpc) is 2.83. The maximum Gasteiger partial charge on any atom is 0.210 e. The molecule has 0 atom stereocenters. The third kappa shape index (κ3) is 3.84. The fourth-order valence-corrected chi connectivity index (χ4v) is 3.02. The van der Waals surface area contributed by atoms with Gasteiger partial charge in [0.1, 0.15) is 17.4 Å². The summed E-state index contributed by atoms with van der Waals surface area (Å²) in [6.07, 6.45) is 1.72. The van der Waals surface area contributed by atoms with Crippen LogP contribution >= 0.6 is 12.0 Å². The van der Waals surface area contributed by atoms with Crippen molar-refractivity contribution in [2.24, 2.45) is 0 Å². The van der Waals surface area contributed by atoms with Crippen LogP contribution in [-0.4, -0.2) is 17.6 Å². The Morgan fingerprint density at radius 1 is 1.04 bits per heavy atom. The Hall–Kier alpha value is -2.38. The predicted octanol–water partition coefficient (Wildman–Crippen LogP) is 5.11.